The number of carbonyl (C=O) groups is 1. The SMILES string of the molecule is CCOc1ccc(OCC)c(NC(=O)[C@@H]2CCCN(S(=O)(=O)c3ccc(Br)s3)C2)c1. The molecule has 0 spiro atoms. The molecular formula is C20H25BrN2O5S2. The Bertz CT molecular complexity index is 993. The van der Waals surface area contributed by atoms with Crippen molar-refractivity contribution in [3.05, 3.63) is 34.1 Å². The van der Waals surface area contributed by atoms with Crippen molar-refractivity contribution in [3.63, 3.8) is 0 Å². The van der Waals surface area contributed by atoms with Gasteiger partial charge in [0.25, 0.3) is 10.0 Å². The minimum atomic E-state index is -3.61. The van der Waals surface area contributed by atoms with Crippen LogP contribution >= 0.6 is 27.3 Å². The van der Waals surface area contributed by atoms with Gasteiger partial charge in [0.05, 0.1) is 28.6 Å². The lowest BCUT2D eigenvalue weighted by molar-refractivity contribution is -0.120. The highest BCUT2D eigenvalue weighted by atomic mass is 79.9. The quantitative estimate of drug-likeness (QED) is 0.563. The summed E-state index contributed by atoms with van der Waals surface area (Å²) in [4.78, 5) is 13.0. The van der Waals surface area contributed by atoms with Crippen LogP contribution in [0.1, 0.15) is 26.7 Å². The minimum Gasteiger partial charge on any atom is -0.494 e. The van der Waals surface area contributed by atoms with Crippen molar-refractivity contribution in [1.82, 2.24) is 4.31 Å². The van der Waals surface area contributed by atoms with Crippen LogP contribution in [-0.2, 0) is 14.8 Å². The number of amides is 1. The summed E-state index contributed by atoms with van der Waals surface area (Å²) in [6.07, 6.45) is 1.25. The van der Waals surface area contributed by atoms with Gasteiger partial charge >= 0.3 is 0 Å². The number of rotatable bonds is 8. The number of hydrogen-bond acceptors (Lipinski definition) is 6. The highest BCUT2D eigenvalue weighted by molar-refractivity contribution is 9.11. The standard InChI is InChI=1S/C20H25BrN2O5S2/c1-3-27-15-7-8-17(28-4-2)16(12-15)22-20(24)14-6-5-11-23(13-14)30(25,26)19-10-9-18(21)29-19/h7-10,12,14H,3-6,11,13H2,1-2H3,(H,22,24)/t14-/m1/s1. The van der Waals surface area contributed by atoms with E-state index in [0.29, 0.717) is 49.8 Å². The van der Waals surface area contributed by atoms with Crippen molar-refractivity contribution in [2.75, 3.05) is 31.6 Å². The molecule has 30 heavy (non-hydrogen) atoms. The van der Waals surface area contributed by atoms with Crippen LogP contribution in [0.3, 0.4) is 0 Å². The molecule has 3 rings (SSSR count). The number of ether oxygens (including phenoxy) is 2. The lowest BCUT2D eigenvalue weighted by Crippen LogP contribution is -2.43. The first-order chi connectivity index (χ1) is 14.3. The van der Waals surface area contributed by atoms with E-state index in [2.05, 4.69) is 21.2 Å². The maximum absolute atomic E-state index is 13.0. The predicted molar refractivity (Wildman–Crippen MR) is 121 cm³/mol. The monoisotopic (exact) mass is 516 g/mol. The Morgan fingerprint density at radius 3 is 2.67 bits per heavy atom. The van der Waals surface area contributed by atoms with E-state index in [-0.39, 0.29) is 16.7 Å². The van der Waals surface area contributed by atoms with Crippen molar-refractivity contribution < 1.29 is 22.7 Å². The Balaban J connectivity index is 1.75. The van der Waals surface area contributed by atoms with Gasteiger partial charge in [-0.3, -0.25) is 4.79 Å². The number of benzene rings is 1. The fourth-order valence-corrected chi connectivity index (χ4v) is 7.01. The van der Waals surface area contributed by atoms with Gasteiger partial charge in [0.2, 0.25) is 5.91 Å². The average Bonchev–Trinajstić information content (AvgIpc) is 3.17. The van der Waals surface area contributed by atoms with Gasteiger partial charge in [-0.1, -0.05) is 0 Å². The third-order valence-electron chi connectivity index (χ3n) is 4.72. The highest BCUT2D eigenvalue weighted by Gasteiger charge is 2.34. The van der Waals surface area contributed by atoms with Crippen molar-refractivity contribution in [2.45, 2.75) is 30.9 Å². The van der Waals surface area contributed by atoms with Gasteiger partial charge in [-0.2, -0.15) is 4.31 Å². The fraction of sp³-hybridized carbons (Fsp3) is 0.450. The zero-order valence-electron chi connectivity index (χ0n) is 16.9. The Labute approximate surface area is 189 Å². The molecule has 1 atom stereocenters. The number of nitrogens with one attached hydrogen (secondary N) is 1. The summed E-state index contributed by atoms with van der Waals surface area (Å²) in [6.45, 7) is 5.29. The number of piperidine rings is 1. The summed E-state index contributed by atoms with van der Waals surface area (Å²) in [6, 6.07) is 8.58. The van der Waals surface area contributed by atoms with E-state index in [1.54, 1.807) is 30.3 Å². The second kappa shape index (κ2) is 10.1. The molecule has 10 heteroatoms. The molecule has 7 nitrogen and oxygen atoms in total. The van der Waals surface area contributed by atoms with Crippen LogP contribution in [0.15, 0.2) is 38.3 Å². The number of halogens is 1. The molecule has 1 aromatic heterocycles. The molecular weight excluding hydrogens is 492 g/mol. The molecule has 1 aliphatic rings. The first-order valence-corrected chi connectivity index (χ1v) is 12.9. The van der Waals surface area contributed by atoms with Gasteiger partial charge in [-0.25, -0.2) is 8.42 Å². The number of nitrogens with zero attached hydrogens (tertiary/aromatic N) is 1. The van der Waals surface area contributed by atoms with Gasteiger partial charge < -0.3 is 14.8 Å². The maximum atomic E-state index is 13.0. The van der Waals surface area contributed by atoms with Gasteiger partial charge in [0.1, 0.15) is 15.7 Å². The lowest BCUT2D eigenvalue weighted by Gasteiger charge is -2.31. The van der Waals surface area contributed by atoms with Gasteiger partial charge in [-0.05, 0) is 66.9 Å². The molecule has 1 saturated heterocycles. The number of hydrogen-bond donors (Lipinski definition) is 1. The zero-order chi connectivity index (χ0) is 21.7. The molecule has 0 saturated carbocycles. The van der Waals surface area contributed by atoms with Crippen LogP contribution in [0.2, 0.25) is 0 Å². The van der Waals surface area contributed by atoms with E-state index in [4.69, 9.17) is 9.47 Å². The second-order valence-corrected chi connectivity index (χ2v) is 11.4. The third kappa shape index (κ3) is 5.35. The van der Waals surface area contributed by atoms with Gasteiger partial charge in [-0.15, -0.1) is 11.3 Å². The number of carbonyl (C=O) groups excluding carboxylic acids is 1. The van der Waals surface area contributed by atoms with E-state index < -0.39 is 15.9 Å². The largest absolute Gasteiger partial charge is 0.494 e. The Kier molecular flexibility index (Phi) is 7.78. The fourth-order valence-electron chi connectivity index (χ4n) is 3.32. The van der Waals surface area contributed by atoms with E-state index in [9.17, 15) is 13.2 Å². The Morgan fingerprint density at radius 1 is 1.23 bits per heavy atom. The van der Waals surface area contributed by atoms with E-state index in [1.165, 1.54) is 15.6 Å². The summed E-state index contributed by atoms with van der Waals surface area (Å²) in [5.41, 5.74) is 0.523. The van der Waals surface area contributed by atoms with E-state index in [1.807, 2.05) is 13.8 Å². The Hall–Kier alpha value is -1.62. The van der Waals surface area contributed by atoms with Gasteiger partial charge in [0, 0.05) is 19.2 Å². The normalized spacial score (nSPS) is 17.5. The van der Waals surface area contributed by atoms with Crippen molar-refractivity contribution in [1.29, 1.82) is 0 Å². The molecule has 164 valence electrons. The molecule has 2 heterocycles. The summed E-state index contributed by atoms with van der Waals surface area (Å²) >= 11 is 4.48. The summed E-state index contributed by atoms with van der Waals surface area (Å²) in [5.74, 6) is 0.518. The lowest BCUT2D eigenvalue weighted by atomic mass is 9.98. The molecule has 0 unspecified atom stereocenters. The van der Waals surface area contributed by atoms with E-state index >= 15 is 0 Å². The zero-order valence-corrected chi connectivity index (χ0v) is 20.1. The van der Waals surface area contributed by atoms with Crippen LogP contribution in [-0.4, -0.2) is 44.9 Å². The molecule has 1 fully saturated rings. The third-order valence-corrected chi connectivity index (χ3v) is 8.67. The minimum absolute atomic E-state index is 0.152. The van der Waals surface area contributed by atoms with Crippen LogP contribution < -0.4 is 14.8 Å². The number of anilines is 1. The maximum Gasteiger partial charge on any atom is 0.252 e. The van der Waals surface area contributed by atoms with Crippen LogP contribution in [0.25, 0.3) is 0 Å². The topological polar surface area (TPSA) is 84.9 Å². The van der Waals surface area contributed by atoms with Crippen LogP contribution in [0, 0.1) is 5.92 Å². The Morgan fingerprint density at radius 2 is 2.00 bits per heavy atom. The van der Waals surface area contributed by atoms with Gasteiger partial charge in [0.15, 0.2) is 0 Å². The number of thiophene rings is 1. The summed E-state index contributed by atoms with van der Waals surface area (Å²) in [5, 5.41) is 2.91. The summed E-state index contributed by atoms with van der Waals surface area (Å²) in [7, 11) is -3.61. The molecule has 0 bridgehead atoms. The smallest absolute Gasteiger partial charge is 0.252 e. The van der Waals surface area contributed by atoms with Crippen LogP contribution in [0.5, 0.6) is 11.5 Å². The molecule has 1 aromatic carbocycles. The molecule has 1 N–H and O–H groups in total. The molecule has 0 aliphatic carbocycles. The van der Waals surface area contributed by atoms with E-state index in [0.717, 1.165) is 3.79 Å². The molecule has 2 aromatic rings. The average molecular weight is 517 g/mol. The first-order valence-electron chi connectivity index (χ1n) is 9.81. The van der Waals surface area contributed by atoms with Crippen molar-refractivity contribution >= 4 is 48.9 Å². The highest BCUT2D eigenvalue weighted by Crippen LogP contribution is 2.33. The second-order valence-electron chi connectivity index (χ2n) is 6.77. The van der Waals surface area contributed by atoms with Crippen molar-refractivity contribution in [2.24, 2.45) is 5.92 Å². The number of sulfonamides is 1. The summed E-state index contributed by atoms with van der Waals surface area (Å²) < 4.78 is 39.4. The van der Waals surface area contributed by atoms with Crippen LogP contribution in [0.4, 0.5) is 5.69 Å². The van der Waals surface area contributed by atoms with Crippen molar-refractivity contribution in [3.8, 4) is 11.5 Å². The molecule has 1 aliphatic heterocycles. The predicted octanol–water partition coefficient (Wildman–Crippen LogP) is 4.35. The first kappa shape index (κ1) is 23.1. The molecule has 1 amide bonds. The molecule has 0 radical (unpaired) electrons.